The van der Waals surface area contributed by atoms with E-state index in [0.29, 0.717) is 12.5 Å². The second kappa shape index (κ2) is 4.57. The summed E-state index contributed by atoms with van der Waals surface area (Å²) in [5.74, 6) is 0.467. The largest absolute Gasteiger partial charge is 0.388 e. The lowest BCUT2D eigenvalue weighted by atomic mass is 9.88. The van der Waals surface area contributed by atoms with Crippen LogP contribution in [0.1, 0.15) is 25.5 Å². The van der Waals surface area contributed by atoms with Crippen LogP contribution in [-0.2, 0) is 7.05 Å². The molecule has 1 heterocycles. The van der Waals surface area contributed by atoms with Crippen molar-refractivity contribution >= 4 is 0 Å². The summed E-state index contributed by atoms with van der Waals surface area (Å²) >= 11 is 0. The molecule has 0 aromatic carbocycles. The molecule has 4 heteroatoms. The average Bonchev–Trinajstić information content (AvgIpc) is 2.52. The van der Waals surface area contributed by atoms with E-state index in [1.807, 2.05) is 13.2 Å². The van der Waals surface area contributed by atoms with Gasteiger partial charge in [0.2, 0.25) is 0 Å². The van der Waals surface area contributed by atoms with Crippen molar-refractivity contribution < 1.29 is 5.11 Å². The average molecular weight is 197 g/mol. The Morgan fingerprint density at radius 3 is 2.57 bits per heavy atom. The molecule has 0 fully saturated rings. The Morgan fingerprint density at radius 2 is 2.21 bits per heavy atom. The van der Waals surface area contributed by atoms with E-state index in [1.54, 1.807) is 10.9 Å². The highest BCUT2D eigenvalue weighted by Gasteiger charge is 2.23. The molecule has 80 valence electrons. The SMILES string of the molecule is CC(C)C(CN)C(O)c1cnn(C)c1. The number of aromatic nitrogens is 2. The summed E-state index contributed by atoms with van der Waals surface area (Å²) in [4.78, 5) is 0. The van der Waals surface area contributed by atoms with Gasteiger partial charge in [0.25, 0.3) is 0 Å². The van der Waals surface area contributed by atoms with Crippen LogP contribution in [0.2, 0.25) is 0 Å². The maximum absolute atomic E-state index is 10.0. The Labute approximate surface area is 84.7 Å². The van der Waals surface area contributed by atoms with Gasteiger partial charge in [-0.05, 0) is 12.5 Å². The normalized spacial score (nSPS) is 15.9. The van der Waals surface area contributed by atoms with Gasteiger partial charge in [0, 0.05) is 24.7 Å². The first-order valence-corrected chi connectivity index (χ1v) is 4.93. The van der Waals surface area contributed by atoms with Crippen LogP contribution in [0.4, 0.5) is 0 Å². The molecule has 0 aliphatic heterocycles. The third-order valence-electron chi connectivity index (χ3n) is 2.60. The van der Waals surface area contributed by atoms with Gasteiger partial charge in [0.1, 0.15) is 0 Å². The van der Waals surface area contributed by atoms with E-state index in [-0.39, 0.29) is 5.92 Å². The Kier molecular flexibility index (Phi) is 3.66. The van der Waals surface area contributed by atoms with E-state index in [1.165, 1.54) is 0 Å². The van der Waals surface area contributed by atoms with Gasteiger partial charge in [-0.1, -0.05) is 13.8 Å². The fourth-order valence-corrected chi connectivity index (χ4v) is 1.61. The monoisotopic (exact) mass is 197 g/mol. The van der Waals surface area contributed by atoms with Crippen molar-refractivity contribution in [3.05, 3.63) is 18.0 Å². The van der Waals surface area contributed by atoms with Gasteiger partial charge in [-0.25, -0.2) is 0 Å². The summed E-state index contributed by atoms with van der Waals surface area (Å²) in [5.41, 5.74) is 6.48. The van der Waals surface area contributed by atoms with Crippen molar-refractivity contribution in [1.29, 1.82) is 0 Å². The molecule has 0 amide bonds. The zero-order valence-corrected chi connectivity index (χ0v) is 9.01. The van der Waals surface area contributed by atoms with E-state index in [9.17, 15) is 5.11 Å². The van der Waals surface area contributed by atoms with Crippen molar-refractivity contribution in [3.63, 3.8) is 0 Å². The first kappa shape index (κ1) is 11.2. The molecule has 3 N–H and O–H groups in total. The minimum Gasteiger partial charge on any atom is -0.388 e. The highest BCUT2D eigenvalue weighted by Crippen LogP contribution is 2.26. The van der Waals surface area contributed by atoms with E-state index < -0.39 is 6.10 Å². The number of hydrogen-bond donors (Lipinski definition) is 2. The molecular formula is C10H19N3O. The molecule has 2 unspecified atom stereocenters. The number of nitrogens with two attached hydrogens (primary N) is 1. The standard InChI is InChI=1S/C10H19N3O/c1-7(2)9(4-11)10(14)8-5-12-13(3)6-8/h5-7,9-10,14H,4,11H2,1-3H3. The molecule has 2 atom stereocenters. The minimum atomic E-state index is -0.506. The zero-order valence-electron chi connectivity index (χ0n) is 9.01. The molecule has 4 nitrogen and oxygen atoms in total. The Bertz CT molecular complexity index is 283. The number of nitrogens with zero attached hydrogens (tertiary/aromatic N) is 2. The number of aryl methyl sites for hydroxylation is 1. The predicted molar refractivity (Wildman–Crippen MR) is 55.6 cm³/mol. The van der Waals surface area contributed by atoms with Gasteiger partial charge in [-0.3, -0.25) is 4.68 Å². The zero-order chi connectivity index (χ0) is 10.7. The molecule has 0 aliphatic carbocycles. The first-order chi connectivity index (χ1) is 6.56. The lowest BCUT2D eigenvalue weighted by molar-refractivity contribution is 0.0860. The molecule has 0 saturated carbocycles. The van der Waals surface area contributed by atoms with Crippen LogP contribution in [-0.4, -0.2) is 21.4 Å². The lowest BCUT2D eigenvalue weighted by Gasteiger charge is -2.23. The number of hydrogen-bond acceptors (Lipinski definition) is 3. The van der Waals surface area contributed by atoms with Gasteiger partial charge in [-0.15, -0.1) is 0 Å². The third kappa shape index (κ3) is 2.33. The van der Waals surface area contributed by atoms with Crippen LogP contribution in [0.15, 0.2) is 12.4 Å². The van der Waals surface area contributed by atoms with E-state index >= 15 is 0 Å². The van der Waals surface area contributed by atoms with Crippen molar-refractivity contribution in [2.24, 2.45) is 24.6 Å². The molecule has 1 aromatic rings. The molecule has 0 aliphatic rings. The topological polar surface area (TPSA) is 64.1 Å². The second-order valence-corrected chi connectivity index (χ2v) is 4.04. The molecule has 0 spiro atoms. The molecule has 1 rings (SSSR count). The first-order valence-electron chi connectivity index (χ1n) is 4.93. The maximum Gasteiger partial charge on any atom is 0.0863 e. The maximum atomic E-state index is 10.0. The number of aliphatic hydroxyl groups is 1. The van der Waals surface area contributed by atoms with E-state index in [2.05, 4.69) is 18.9 Å². The lowest BCUT2D eigenvalue weighted by Crippen LogP contribution is -2.26. The van der Waals surface area contributed by atoms with Crippen LogP contribution >= 0.6 is 0 Å². The van der Waals surface area contributed by atoms with Gasteiger partial charge in [-0.2, -0.15) is 5.10 Å². The van der Waals surface area contributed by atoms with E-state index in [0.717, 1.165) is 5.56 Å². The van der Waals surface area contributed by atoms with Crippen LogP contribution in [0.5, 0.6) is 0 Å². The van der Waals surface area contributed by atoms with Crippen molar-refractivity contribution in [2.75, 3.05) is 6.54 Å². The second-order valence-electron chi connectivity index (χ2n) is 4.04. The Balaban J connectivity index is 2.77. The summed E-state index contributed by atoms with van der Waals surface area (Å²) in [7, 11) is 1.84. The quantitative estimate of drug-likeness (QED) is 0.746. The molecule has 14 heavy (non-hydrogen) atoms. The summed E-state index contributed by atoms with van der Waals surface area (Å²) in [5, 5.41) is 14.1. The highest BCUT2D eigenvalue weighted by atomic mass is 16.3. The summed E-state index contributed by atoms with van der Waals surface area (Å²) < 4.78 is 1.69. The van der Waals surface area contributed by atoms with Crippen LogP contribution in [0.25, 0.3) is 0 Å². The predicted octanol–water partition coefficient (Wildman–Crippen LogP) is 0.684. The van der Waals surface area contributed by atoms with E-state index in [4.69, 9.17) is 5.73 Å². The fourth-order valence-electron chi connectivity index (χ4n) is 1.61. The molecule has 0 saturated heterocycles. The molecular weight excluding hydrogens is 178 g/mol. The summed E-state index contributed by atoms with van der Waals surface area (Å²) in [6, 6.07) is 0. The van der Waals surface area contributed by atoms with Gasteiger partial charge in [0.05, 0.1) is 12.3 Å². The Hall–Kier alpha value is -0.870. The smallest absolute Gasteiger partial charge is 0.0863 e. The van der Waals surface area contributed by atoms with Crippen molar-refractivity contribution in [3.8, 4) is 0 Å². The van der Waals surface area contributed by atoms with Crippen LogP contribution < -0.4 is 5.73 Å². The van der Waals surface area contributed by atoms with Crippen molar-refractivity contribution in [1.82, 2.24) is 9.78 Å². The third-order valence-corrected chi connectivity index (χ3v) is 2.60. The van der Waals surface area contributed by atoms with Crippen LogP contribution in [0.3, 0.4) is 0 Å². The van der Waals surface area contributed by atoms with Crippen molar-refractivity contribution in [2.45, 2.75) is 20.0 Å². The van der Waals surface area contributed by atoms with Crippen LogP contribution in [0, 0.1) is 11.8 Å². The van der Waals surface area contributed by atoms with Gasteiger partial charge < -0.3 is 10.8 Å². The molecule has 1 aromatic heterocycles. The fraction of sp³-hybridized carbons (Fsp3) is 0.700. The number of aliphatic hydroxyl groups excluding tert-OH is 1. The number of rotatable bonds is 4. The van der Waals surface area contributed by atoms with Gasteiger partial charge in [0.15, 0.2) is 0 Å². The molecule has 0 bridgehead atoms. The minimum absolute atomic E-state index is 0.0965. The Morgan fingerprint density at radius 1 is 1.57 bits per heavy atom. The summed E-state index contributed by atoms with van der Waals surface area (Å²) in [6.45, 7) is 4.63. The highest BCUT2D eigenvalue weighted by molar-refractivity contribution is 5.09. The van der Waals surface area contributed by atoms with Gasteiger partial charge >= 0.3 is 0 Å². The molecule has 0 radical (unpaired) electrons. The summed E-state index contributed by atoms with van der Waals surface area (Å²) in [6.07, 6.45) is 3.01.